The monoisotopic (exact) mass is 299 g/mol. The summed E-state index contributed by atoms with van der Waals surface area (Å²) < 4.78 is 6.81. The van der Waals surface area contributed by atoms with E-state index in [0.717, 1.165) is 10.3 Å². The van der Waals surface area contributed by atoms with Gasteiger partial charge in [0.1, 0.15) is 0 Å². The highest BCUT2D eigenvalue weighted by molar-refractivity contribution is 4.95. The Labute approximate surface area is 91.3 Å². The molecule has 1 rings (SSSR count). The van der Waals surface area contributed by atoms with Gasteiger partial charge in [0.25, 0.3) is 21.2 Å². The first-order chi connectivity index (χ1) is 5.82. The lowest BCUT2D eigenvalue weighted by molar-refractivity contribution is -0.536. The van der Waals surface area contributed by atoms with Gasteiger partial charge in [0.15, 0.2) is 0 Å². The third kappa shape index (κ3) is 2.57. The van der Waals surface area contributed by atoms with Crippen LogP contribution in [0.1, 0.15) is 34.1 Å². The number of rotatable bonds is 4. The van der Waals surface area contributed by atoms with Gasteiger partial charge in [0.05, 0.1) is 11.7 Å². The first-order valence-corrected chi connectivity index (χ1v) is 7.02. The molecule has 1 N–H and O–H groups in total. The van der Waals surface area contributed by atoms with Crippen molar-refractivity contribution in [3.63, 3.8) is 0 Å². The molecule has 1 heterocycles. The van der Waals surface area contributed by atoms with E-state index >= 15 is 0 Å². The normalized spacial score (nSPS) is 32.3. The smallest absolute Gasteiger partial charge is 0.288 e. The molecule has 0 aromatic rings. The number of halogens is 1. The van der Waals surface area contributed by atoms with Gasteiger partial charge >= 0.3 is 0 Å². The molecule has 0 radical (unpaired) electrons. The van der Waals surface area contributed by atoms with E-state index in [1.54, 1.807) is 7.11 Å². The molecule has 0 aromatic carbocycles. The second kappa shape index (κ2) is 3.66. The molecule has 13 heavy (non-hydrogen) atoms. The van der Waals surface area contributed by atoms with Gasteiger partial charge in [-0.15, -0.1) is 0 Å². The molecule has 0 bridgehead atoms. The van der Waals surface area contributed by atoms with E-state index < -0.39 is 0 Å². The Morgan fingerprint density at radius 3 is 2.31 bits per heavy atom. The zero-order valence-electron chi connectivity index (χ0n) is 9.10. The van der Waals surface area contributed by atoms with Crippen LogP contribution in [0.25, 0.3) is 0 Å². The molecule has 1 saturated heterocycles. The fraction of sp³-hybridized carbons (Fsp3) is 1.00. The molecule has 3 atom stereocenters. The van der Waals surface area contributed by atoms with Crippen molar-refractivity contribution in [3.05, 3.63) is 0 Å². The summed E-state index contributed by atoms with van der Waals surface area (Å²) in [7, 11) is 1.69. The van der Waals surface area contributed by atoms with Gasteiger partial charge in [-0.25, -0.2) is 0 Å². The predicted molar refractivity (Wildman–Crippen MR) is 49.6 cm³/mol. The van der Waals surface area contributed by atoms with Crippen LogP contribution in [0.5, 0.6) is 0 Å². The van der Waals surface area contributed by atoms with E-state index in [0.29, 0.717) is 24.6 Å². The van der Waals surface area contributed by atoms with Crippen molar-refractivity contribution >= 4 is 0 Å². The minimum atomic E-state index is -0.377. The first kappa shape index (κ1) is 11.7. The molecule has 1 aliphatic rings. The van der Waals surface area contributed by atoms with Gasteiger partial charge in [-0.3, -0.25) is 0 Å². The summed E-state index contributed by atoms with van der Waals surface area (Å²) in [5.74, 6) is 0. The molecular weight excluding hydrogens is 279 g/mol. The lowest BCUT2D eigenvalue weighted by atomic mass is 9.91. The third-order valence-electron chi connectivity index (χ3n) is 3.04. The van der Waals surface area contributed by atoms with Crippen LogP contribution >= 0.6 is 0 Å². The maximum atomic E-state index is 9.61. The summed E-state index contributed by atoms with van der Waals surface area (Å²) in [4.78, 5) is 0. The fourth-order valence-electron chi connectivity index (χ4n) is 1.37. The Hall–Kier alpha value is 0.650. The van der Waals surface area contributed by atoms with Crippen molar-refractivity contribution in [2.75, 3.05) is 7.11 Å². The van der Waals surface area contributed by atoms with Crippen molar-refractivity contribution in [1.29, 1.82) is 0 Å². The minimum absolute atomic E-state index is 0.335. The summed E-state index contributed by atoms with van der Waals surface area (Å²) in [6.07, 6.45) is 0.638. The van der Waals surface area contributed by atoms with E-state index in [1.165, 1.54) is 0 Å². The van der Waals surface area contributed by atoms with Crippen LogP contribution in [0.4, 0.5) is 0 Å². The highest BCUT2D eigenvalue weighted by Crippen LogP contribution is 2.25. The quantitative estimate of drug-likeness (QED) is 0.501. The van der Waals surface area contributed by atoms with Crippen LogP contribution < -0.4 is 21.2 Å². The topological polar surface area (TPSA) is 29.5 Å². The zero-order chi connectivity index (χ0) is 10.3. The van der Waals surface area contributed by atoms with E-state index in [9.17, 15) is 5.11 Å². The third-order valence-corrected chi connectivity index (χ3v) is 7.48. The van der Waals surface area contributed by atoms with Crippen LogP contribution in [-0.4, -0.2) is 31.3 Å². The van der Waals surface area contributed by atoms with Crippen molar-refractivity contribution in [3.8, 4) is 0 Å². The van der Waals surface area contributed by atoms with Gasteiger partial charge in [-0.1, -0.05) is 0 Å². The average molecular weight is 299 g/mol. The lowest BCUT2D eigenvalue weighted by Crippen LogP contribution is -3.51. The molecule has 1 fully saturated rings. The van der Waals surface area contributed by atoms with Crippen LogP contribution in [0.2, 0.25) is 0 Å². The van der Waals surface area contributed by atoms with Crippen LogP contribution in [0, 0.1) is 0 Å². The first-order valence-electron chi connectivity index (χ1n) is 4.69. The summed E-state index contributed by atoms with van der Waals surface area (Å²) in [6.45, 7) is 8.47. The summed E-state index contributed by atoms with van der Waals surface area (Å²) in [6, 6.07) is 0. The van der Waals surface area contributed by atoms with Crippen LogP contribution in [0.15, 0.2) is 0 Å². The maximum absolute atomic E-state index is 9.61. The molecule has 3 heteroatoms. The Bertz CT molecular complexity index is 191. The standard InChI is InChI=1S/C10H20IO2/c1-7(12)10(4,13-5)6-8-9(2,3)11-8/h7-8,12H,6H2,1-5H3/q+1/t7-,8+,10-/m0/s1. The number of ether oxygens (including phenoxy) is 1. The predicted octanol–water partition coefficient (Wildman–Crippen LogP) is -1.59. The Morgan fingerprint density at radius 2 is 2.08 bits per heavy atom. The van der Waals surface area contributed by atoms with Crippen molar-refractivity contribution < 1.29 is 31.0 Å². The van der Waals surface area contributed by atoms with Crippen LogP contribution in [0.3, 0.4) is 0 Å². The molecule has 1 aliphatic heterocycles. The Balaban J connectivity index is 2.51. The highest BCUT2D eigenvalue weighted by Gasteiger charge is 2.68. The number of alkyl halides is 2. The molecule has 0 unspecified atom stereocenters. The second-order valence-electron chi connectivity index (χ2n) is 4.54. The summed E-state index contributed by atoms with van der Waals surface area (Å²) in [5, 5.41) is 9.61. The molecule has 78 valence electrons. The van der Waals surface area contributed by atoms with E-state index in [-0.39, 0.29) is 11.7 Å². The molecule has 0 aromatic heterocycles. The Kier molecular flexibility index (Phi) is 3.30. The van der Waals surface area contributed by atoms with Gasteiger partial charge in [-0.2, -0.15) is 0 Å². The molecular formula is C10H20IO2+. The molecule has 0 amide bonds. The largest absolute Gasteiger partial charge is 0.390 e. The van der Waals surface area contributed by atoms with Crippen LogP contribution in [-0.2, 0) is 4.74 Å². The average Bonchev–Trinajstić information content (AvgIpc) is 2.58. The van der Waals surface area contributed by atoms with E-state index in [1.807, 2.05) is 13.8 Å². The molecule has 0 aliphatic carbocycles. The number of aliphatic hydroxyl groups is 1. The number of methoxy groups -OCH3 is 1. The van der Waals surface area contributed by atoms with Gasteiger partial charge in [0, 0.05) is 13.5 Å². The van der Waals surface area contributed by atoms with Crippen molar-refractivity contribution in [1.82, 2.24) is 0 Å². The Morgan fingerprint density at radius 1 is 1.62 bits per heavy atom. The maximum Gasteiger partial charge on any atom is 0.288 e. The second-order valence-corrected chi connectivity index (χ2v) is 9.44. The number of hydrogen-bond acceptors (Lipinski definition) is 2. The number of hydrogen-bond donors (Lipinski definition) is 1. The lowest BCUT2D eigenvalue weighted by Gasteiger charge is -2.29. The summed E-state index contributed by atoms with van der Waals surface area (Å²) in [5.41, 5.74) is -0.335. The zero-order valence-corrected chi connectivity index (χ0v) is 11.3. The van der Waals surface area contributed by atoms with E-state index in [2.05, 4.69) is 13.8 Å². The summed E-state index contributed by atoms with van der Waals surface area (Å²) >= 11 is 0.339. The van der Waals surface area contributed by atoms with E-state index in [4.69, 9.17) is 4.74 Å². The number of aliphatic hydroxyl groups excluding tert-OH is 1. The fourth-order valence-corrected chi connectivity index (χ4v) is 4.44. The molecule has 0 spiro atoms. The van der Waals surface area contributed by atoms with Crippen molar-refractivity contribution in [2.45, 2.75) is 53.2 Å². The van der Waals surface area contributed by atoms with Gasteiger partial charge in [0.2, 0.25) is 7.35 Å². The molecule has 2 nitrogen and oxygen atoms in total. The van der Waals surface area contributed by atoms with Crippen molar-refractivity contribution in [2.24, 2.45) is 0 Å². The minimum Gasteiger partial charge on any atom is -0.390 e. The molecule has 0 saturated carbocycles. The van der Waals surface area contributed by atoms with Gasteiger partial charge < -0.3 is 9.84 Å². The van der Waals surface area contributed by atoms with Gasteiger partial charge in [-0.05, 0) is 27.7 Å². The SMILES string of the molecule is CO[C@@](C)(C[C@H]1[I+]C1(C)C)[C@H](C)O. The highest BCUT2D eigenvalue weighted by atomic mass is 127.